The van der Waals surface area contributed by atoms with Crippen molar-refractivity contribution in [2.45, 2.75) is 69.3 Å². The van der Waals surface area contributed by atoms with Gasteiger partial charge in [-0.15, -0.1) is 0 Å². The number of aromatic amines is 1. The fourth-order valence-electron chi connectivity index (χ4n) is 8.47. The lowest BCUT2D eigenvalue weighted by Crippen LogP contribution is -2.71. The fourth-order valence-corrected chi connectivity index (χ4v) is 8.47. The Bertz CT molecular complexity index is 1750. The highest BCUT2D eigenvalue weighted by Crippen LogP contribution is 2.48. The van der Waals surface area contributed by atoms with E-state index in [9.17, 15) is 19.5 Å². The van der Waals surface area contributed by atoms with Crippen LogP contribution < -0.4 is 5.32 Å². The van der Waals surface area contributed by atoms with E-state index >= 15 is 0 Å². The van der Waals surface area contributed by atoms with Crippen LogP contribution >= 0.6 is 0 Å². The molecule has 1 aliphatic carbocycles. The molecule has 3 aromatic rings. The van der Waals surface area contributed by atoms with E-state index in [0.29, 0.717) is 25.9 Å². The molecule has 0 unspecified atom stereocenters. The maximum absolute atomic E-state index is 14.6. The van der Waals surface area contributed by atoms with Gasteiger partial charge < -0.3 is 20.3 Å². The van der Waals surface area contributed by atoms with Crippen molar-refractivity contribution in [1.29, 1.82) is 0 Å². The van der Waals surface area contributed by atoms with E-state index in [4.69, 9.17) is 4.74 Å². The first-order valence-electron chi connectivity index (χ1n) is 16.1. The van der Waals surface area contributed by atoms with Crippen LogP contribution in [0.2, 0.25) is 0 Å². The molecule has 2 aromatic carbocycles. The summed E-state index contributed by atoms with van der Waals surface area (Å²) in [7, 11) is 2.03. The fraction of sp³-hybridized carbons (Fsp3) is 0.457. The number of hydrogen-bond donors (Lipinski definition) is 3. The third-order valence-corrected chi connectivity index (χ3v) is 10.8. The molecule has 10 nitrogen and oxygen atoms in total. The molecule has 45 heavy (non-hydrogen) atoms. The van der Waals surface area contributed by atoms with Crippen molar-refractivity contribution in [3.63, 3.8) is 0 Å². The highest BCUT2D eigenvalue weighted by atomic mass is 16.7. The first kappa shape index (κ1) is 28.5. The van der Waals surface area contributed by atoms with Gasteiger partial charge >= 0.3 is 0 Å². The molecule has 10 heteroatoms. The number of fused-ring (bicyclic) bond motifs is 5. The van der Waals surface area contributed by atoms with E-state index < -0.39 is 41.5 Å². The summed E-state index contributed by atoms with van der Waals surface area (Å²) in [5.74, 6) is -4.27. The smallest absolute Gasteiger partial charge is 0.281 e. The zero-order valence-electron chi connectivity index (χ0n) is 25.8. The van der Waals surface area contributed by atoms with Gasteiger partial charge in [0.1, 0.15) is 12.1 Å². The number of carbonyl (C=O) groups excluding carboxylic acids is 3. The van der Waals surface area contributed by atoms with Gasteiger partial charge in [0.05, 0.1) is 5.92 Å². The van der Waals surface area contributed by atoms with Gasteiger partial charge in [-0.2, -0.15) is 0 Å². The van der Waals surface area contributed by atoms with Crippen LogP contribution in [0.1, 0.15) is 43.4 Å². The Kier molecular flexibility index (Phi) is 6.33. The van der Waals surface area contributed by atoms with E-state index in [1.54, 1.807) is 18.7 Å². The molecule has 234 valence electrons. The van der Waals surface area contributed by atoms with Crippen LogP contribution in [0.3, 0.4) is 0 Å². The number of H-pyrrole nitrogens is 1. The SMILES string of the molecule is CC(C)[C@@]1(NC(=O)[C@H]2C=C3c4cccc5[nH]cc(c45)C[C@H]3N(C)C2)O[C@@]2(O)[C@H]3CCCN3C(=O)[C@@H](Cc3ccccc3)N2C1=O. The predicted octanol–water partition coefficient (Wildman–Crippen LogP) is 2.63. The number of piperazine rings is 1. The Balaban J connectivity index is 1.15. The molecule has 3 saturated heterocycles. The monoisotopic (exact) mass is 609 g/mol. The lowest BCUT2D eigenvalue weighted by atomic mass is 9.79. The summed E-state index contributed by atoms with van der Waals surface area (Å²) >= 11 is 0. The molecule has 3 N–H and O–H groups in total. The van der Waals surface area contributed by atoms with Gasteiger partial charge in [0.25, 0.3) is 11.8 Å². The lowest BCUT2D eigenvalue weighted by molar-refractivity contribution is -0.321. The first-order valence-corrected chi connectivity index (χ1v) is 16.1. The van der Waals surface area contributed by atoms with E-state index in [1.807, 2.05) is 49.5 Å². The van der Waals surface area contributed by atoms with Gasteiger partial charge in [0.2, 0.25) is 17.5 Å². The topological polar surface area (TPSA) is 118 Å². The zero-order chi connectivity index (χ0) is 31.2. The number of amides is 3. The molecule has 3 amide bonds. The van der Waals surface area contributed by atoms with Gasteiger partial charge in [-0.05, 0) is 54.6 Å². The van der Waals surface area contributed by atoms with E-state index in [2.05, 4.69) is 33.5 Å². The average Bonchev–Trinajstić information content (AvgIpc) is 3.74. The summed E-state index contributed by atoms with van der Waals surface area (Å²) < 4.78 is 6.49. The second-order valence-electron chi connectivity index (χ2n) is 13.6. The summed E-state index contributed by atoms with van der Waals surface area (Å²) in [6.07, 6.45) is 6.40. The Morgan fingerprint density at radius 3 is 2.73 bits per heavy atom. The van der Waals surface area contributed by atoms with Crippen molar-refractivity contribution in [3.05, 3.63) is 77.5 Å². The summed E-state index contributed by atoms with van der Waals surface area (Å²) in [6.45, 7) is 4.56. The number of nitrogens with zero attached hydrogens (tertiary/aromatic N) is 3. The van der Waals surface area contributed by atoms with Gasteiger partial charge in [-0.3, -0.25) is 28.9 Å². The minimum Gasteiger partial charge on any atom is -0.361 e. The second kappa shape index (κ2) is 10.0. The van der Waals surface area contributed by atoms with Crippen LogP contribution in [-0.2, 0) is 32.0 Å². The number of likely N-dealkylation sites (N-methyl/N-ethyl adjacent to an activating group) is 1. The molecule has 4 aliphatic heterocycles. The Labute approximate surface area is 262 Å². The van der Waals surface area contributed by atoms with Crippen LogP contribution in [0.5, 0.6) is 0 Å². The van der Waals surface area contributed by atoms with Crippen LogP contribution in [0.4, 0.5) is 0 Å². The molecule has 8 rings (SSSR count). The maximum atomic E-state index is 14.6. The van der Waals surface area contributed by atoms with Crippen molar-refractivity contribution in [2.24, 2.45) is 11.8 Å². The standard InChI is InChI=1S/C35H39N5O5/c1-20(2)34(37-31(41)23-16-25-24-11-7-12-26-30(24)22(18-36-26)17-27(25)38(3)19-23)33(43)40-28(15-21-9-5-4-6-10-21)32(42)39-14-8-13-29(39)35(40,44)45-34/h4-7,9-12,16,18,20,23,27-29,36,44H,8,13-15,17,19H2,1-3H3,(H,37,41)/t23-,27+,28+,29+,34+,35-/m0/s1. The number of ether oxygens (including phenoxy) is 1. The number of aromatic nitrogens is 1. The third kappa shape index (κ3) is 4.01. The molecule has 0 saturated carbocycles. The van der Waals surface area contributed by atoms with Gasteiger partial charge in [0, 0.05) is 48.6 Å². The third-order valence-electron chi connectivity index (χ3n) is 10.8. The highest BCUT2D eigenvalue weighted by Gasteiger charge is 2.72. The van der Waals surface area contributed by atoms with Crippen LogP contribution in [0.25, 0.3) is 16.5 Å². The van der Waals surface area contributed by atoms with Crippen molar-refractivity contribution in [1.82, 2.24) is 25.0 Å². The van der Waals surface area contributed by atoms with Crippen LogP contribution in [0.15, 0.2) is 60.8 Å². The van der Waals surface area contributed by atoms with Crippen molar-refractivity contribution >= 4 is 34.2 Å². The number of aliphatic hydroxyl groups is 1. The largest absolute Gasteiger partial charge is 0.361 e. The first-order chi connectivity index (χ1) is 21.6. The minimum absolute atomic E-state index is 0.138. The predicted molar refractivity (Wildman–Crippen MR) is 167 cm³/mol. The van der Waals surface area contributed by atoms with E-state index in [1.165, 1.54) is 15.8 Å². The summed E-state index contributed by atoms with van der Waals surface area (Å²) in [5, 5.41) is 16.5. The Morgan fingerprint density at radius 1 is 1.16 bits per heavy atom. The quantitative estimate of drug-likeness (QED) is 0.410. The number of rotatable bonds is 5. The number of carbonyl (C=O) groups is 3. The summed E-state index contributed by atoms with van der Waals surface area (Å²) in [5.41, 5.74) is 3.59. The highest BCUT2D eigenvalue weighted by molar-refractivity contribution is 6.01. The summed E-state index contributed by atoms with van der Waals surface area (Å²) in [6, 6.07) is 14.2. The second-order valence-corrected chi connectivity index (χ2v) is 13.6. The van der Waals surface area contributed by atoms with Crippen LogP contribution in [-0.4, -0.2) is 92.4 Å². The van der Waals surface area contributed by atoms with Crippen LogP contribution in [0, 0.1) is 11.8 Å². The molecule has 6 atom stereocenters. The van der Waals surface area contributed by atoms with Gasteiger partial charge in [0.15, 0.2) is 0 Å². The van der Waals surface area contributed by atoms with Crippen molar-refractivity contribution in [2.75, 3.05) is 20.1 Å². The average molecular weight is 610 g/mol. The Hall–Kier alpha value is -3.99. The van der Waals surface area contributed by atoms with Gasteiger partial charge in [-0.1, -0.05) is 62.4 Å². The molecular formula is C35H39N5O5. The zero-order valence-corrected chi connectivity index (χ0v) is 25.8. The number of benzene rings is 2. The Morgan fingerprint density at radius 2 is 1.96 bits per heavy atom. The molecule has 0 spiro atoms. The molecule has 1 aromatic heterocycles. The molecular weight excluding hydrogens is 570 g/mol. The number of hydrogen-bond acceptors (Lipinski definition) is 6. The molecule has 3 fully saturated rings. The summed E-state index contributed by atoms with van der Waals surface area (Å²) in [4.78, 5) is 51.2. The minimum atomic E-state index is -2.06. The molecule has 0 bridgehead atoms. The molecule has 5 aliphatic rings. The normalized spacial score (nSPS) is 32.5. The van der Waals surface area contributed by atoms with Crippen molar-refractivity contribution < 1.29 is 24.2 Å². The maximum Gasteiger partial charge on any atom is 0.281 e. The van der Waals surface area contributed by atoms with Gasteiger partial charge in [-0.25, -0.2) is 0 Å². The van der Waals surface area contributed by atoms with E-state index in [-0.39, 0.29) is 24.3 Å². The lowest BCUT2D eigenvalue weighted by Gasteiger charge is -2.48. The molecule has 0 radical (unpaired) electrons. The number of nitrogens with one attached hydrogen (secondary N) is 2. The van der Waals surface area contributed by atoms with Crippen molar-refractivity contribution in [3.8, 4) is 0 Å². The van der Waals surface area contributed by atoms with E-state index in [0.717, 1.165) is 28.6 Å². The molecule has 5 heterocycles.